The predicted octanol–water partition coefficient (Wildman–Crippen LogP) is 4.78. The van der Waals surface area contributed by atoms with Crippen LogP contribution >= 0.6 is 0 Å². The van der Waals surface area contributed by atoms with E-state index in [4.69, 9.17) is 18.9 Å². The number of anilines is 1. The highest BCUT2D eigenvalue weighted by molar-refractivity contribution is 5.71. The summed E-state index contributed by atoms with van der Waals surface area (Å²) >= 11 is 0. The minimum absolute atomic E-state index is 0.0515. The van der Waals surface area contributed by atoms with Crippen molar-refractivity contribution in [1.29, 1.82) is 0 Å². The average molecular weight is 655 g/mol. The van der Waals surface area contributed by atoms with Crippen molar-refractivity contribution in [3.63, 3.8) is 0 Å². The van der Waals surface area contributed by atoms with Gasteiger partial charge in [0.25, 0.3) is 11.4 Å². The number of rotatable bonds is 12. The molecule has 0 unspecified atom stereocenters. The second-order valence-electron chi connectivity index (χ2n) is 12.0. The largest absolute Gasteiger partial charge is 0.441 e. The zero-order valence-electron chi connectivity index (χ0n) is 26.4. The topological polar surface area (TPSA) is 208 Å². The number of azide groups is 1. The first-order chi connectivity index (χ1) is 22.5. The van der Waals surface area contributed by atoms with Gasteiger partial charge in [-0.05, 0) is 50.4 Å². The molecule has 1 aliphatic carbocycles. The fourth-order valence-electron chi connectivity index (χ4n) is 6.63. The standard InChI is InChI=1S/C30H38N8O9/c1-17(18-8-6-5-7-9-18)35(2)16-20-11-13-22(32-21-12-10-19(37(40)41)14-24(21)38(42)43)29(45-20)46-27-23(33-34-31)15-25(44-4)26-28(27)47-30(39)36(26)3/h5-10,12,14,17,20,22-23,25-29,32H,11,13,15-16H2,1-4H3/t17-,20+,22-,23+,25+,26-,27-,28-,29-/m0/s1. The van der Waals surface area contributed by atoms with Crippen LogP contribution in [0.4, 0.5) is 21.9 Å². The van der Waals surface area contributed by atoms with E-state index < -0.39 is 70.0 Å². The van der Waals surface area contributed by atoms with Crippen molar-refractivity contribution in [1.82, 2.24) is 9.80 Å². The van der Waals surface area contributed by atoms with Gasteiger partial charge in [-0.2, -0.15) is 0 Å². The van der Waals surface area contributed by atoms with Crippen LogP contribution < -0.4 is 5.32 Å². The Kier molecular flexibility index (Phi) is 10.4. The van der Waals surface area contributed by atoms with Gasteiger partial charge in [0.2, 0.25) is 0 Å². The molecule has 1 saturated carbocycles. The van der Waals surface area contributed by atoms with E-state index in [0.717, 1.165) is 11.6 Å². The number of benzene rings is 2. The number of hydrogen-bond acceptors (Lipinski definition) is 12. The van der Waals surface area contributed by atoms with Crippen molar-refractivity contribution in [2.45, 2.75) is 81.1 Å². The molecule has 17 heteroatoms. The molecule has 0 bridgehead atoms. The van der Waals surface area contributed by atoms with Crippen LogP contribution in [-0.4, -0.2) is 102 Å². The molecule has 2 aliphatic heterocycles. The number of amides is 1. The monoisotopic (exact) mass is 654 g/mol. The number of nitrogens with one attached hydrogen (secondary N) is 1. The number of hydrogen-bond donors (Lipinski definition) is 1. The molecule has 0 aromatic heterocycles. The maximum Gasteiger partial charge on any atom is 0.410 e. The summed E-state index contributed by atoms with van der Waals surface area (Å²) < 4.78 is 24.5. The van der Waals surface area contributed by atoms with Gasteiger partial charge < -0.3 is 29.2 Å². The number of methoxy groups -OCH3 is 1. The van der Waals surface area contributed by atoms with Gasteiger partial charge in [0, 0.05) is 37.7 Å². The number of carbonyl (C=O) groups is 1. The second-order valence-corrected chi connectivity index (χ2v) is 12.0. The van der Waals surface area contributed by atoms with Gasteiger partial charge in [0.05, 0.1) is 40.2 Å². The second kappa shape index (κ2) is 14.5. The Bertz CT molecular complexity index is 1510. The van der Waals surface area contributed by atoms with Crippen LogP contribution in [0.3, 0.4) is 0 Å². The lowest BCUT2D eigenvalue weighted by Gasteiger charge is -2.45. The van der Waals surface area contributed by atoms with E-state index in [0.29, 0.717) is 19.4 Å². The Balaban J connectivity index is 1.44. The molecule has 2 aromatic rings. The van der Waals surface area contributed by atoms with E-state index >= 15 is 0 Å². The zero-order valence-corrected chi connectivity index (χ0v) is 26.4. The van der Waals surface area contributed by atoms with E-state index in [2.05, 4.69) is 39.3 Å². The molecule has 1 N–H and O–H groups in total. The van der Waals surface area contributed by atoms with E-state index in [9.17, 15) is 30.6 Å². The highest BCUT2D eigenvalue weighted by Gasteiger charge is 2.56. The van der Waals surface area contributed by atoms with Crippen LogP contribution in [-0.2, 0) is 18.9 Å². The fourth-order valence-corrected chi connectivity index (χ4v) is 6.63. The summed E-state index contributed by atoms with van der Waals surface area (Å²) in [7, 11) is 5.09. The summed E-state index contributed by atoms with van der Waals surface area (Å²) in [5, 5.41) is 30.3. The maximum absolute atomic E-state index is 12.7. The van der Waals surface area contributed by atoms with Crippen molar-refractivity contribution >= 4 is 23.2 Å². The lowest BCUT2D eigenvalue weighted by molar-refractivity contribution is -0.393. The molecule has 3 fully saturated rings. The van der Waals surface area contributed by atoms with Crippen molar-refractivity contribution < 1.29 is 33.6 Å². The third kappa shape index (κ3) is 7.24. The van der Waals surface area contributed by atoms with Crippen LogP contribution in [0.1, 0.15) is 37.8 Å². The molecule has 2 saturated heterocycles. The third-order valence-corrected chi connectivity index (χ3v) is 9.28. The van der Waals surface area contributed by atoms with Crippen molar-refractivity contribution in [3.05, 3.63) is 84.8 Å². The fraction of sp³-hybridized carbons (Fsp3) is 0.567. The first-order valence-corrected chi connectivity index (χ1v) is 15.3. The number of likely N-dealkylation sites (N-methyl/N-ethyl adjacent to an activating group) is 2. The summed E-state index contributed by atoms with van der Waals surface area (Å²) in [6.07, 6.45) is -2.98. The Morgan fingerprint density at radius 2 is 1.94 bits per heavy atom. The van der Waals surface area contributed by atoms with Crippen molar-refractivity contribution in [2.24, 2.45) is 5.11 Å². The minimum atomic E-state index is -1.05. The number of nitro groups is 2. The molecule has 0 spiro atoms. The molecule has 2 heterocycles. The SMILES string of the molecule is CO[C@@H]1C[C@@H](N=[N+]=[N-])[C@H](O[C@@H]2O[C@@H](CN(C)[C@@H](C)c3ccccc3)CC[C@@H]2Nc2ccc([N+](=O)[O-])cc2[N+](=O)[O-])[C@H]2OC(=O)N(C)[C@H]21. The van der Waals surface area contributed by atoms with Crippen LogP contribution in [0.2, 0.25) is 0 Å². The van der Waals surface area contributed by atoms with Crippen LogP contribution in [0.15, 0.2) is 53.6 Å². The maximum atomic E-state index is 12.7. The predicted molar refractivity (Wildman–Crippen MR) is 168 cm³/mol. The van der Waals surface area contributed by atoms with Gasteiger partial charge >= 0.3 is 6.09 Å². The Morgan fingerprint density at radius 3 is 2.60 bits per heavy atom. The van der Waals surface area contributed by atoms with Crippen LogP contribution in [0.5, 0.6) is 0 Å². The van der Waals surface area contributed by atoms with Gasteiger partial charge in [-0.3, -0.25) is 25.1 Å². The number of non-ortho nitro benzene ring substituents is 1. The summed E-state index contributed by atoms with van der Waals surface area (Å²) in [5.74, 6) is 0. The van der Waals surface area contributed by atoms with E-state index in [-0.39, 0.29) is 24.3 Å². The van der Waals surface area contributed by atoms with Crippen LogP contribution in [0, 0.1) is 20.2 Å². The number of fused-ring (bicyclic) bond motifs is 1. The third-order valence-electron chi connectivity index (χ3n) is 9.28. The number of nitrogens with zero attached hydrogens (tertiary/aromatic N) is 7. The van der Waals surface area contributed by atoms with Gasteiger partial charge in [0.1, 0.15) is 17.8 Å². The zero-order chi connectivity index (χ0) is 33.8. The molecule has 1 amide bonds. The van der Waals surface area contributed by atoms with Gasteiger partial charge in [0.15, 0.2) is 12.4 Å². The molecule has 0 radical (unpaired) electrons. The highest BCUT2D eigenvalue weighted by Crippen LogP contribution is 2.39. The Morgan fingerprint density at radius 1 is 1.19 bits per heavy atom. The van der Waals surface area contributed by atoms with E-state index in [1.165, 1.54) is 24.1 Å². The molecule has 3 aliphatic rings. The van der Waals surface area contributed by atoms with Crippen LogP contribution in [0.25, 0.3) is 10.4 Å². The molecule has 47 heavy (non-hydrogen) atoms. The molecular formula is C30H38N8O9. The van der Waals surface area contributed by atoms with E-state index in [1.807, 2.05) is 25.2 Å². The average Bonchev–Trinajstić information content (AvgIpc) is 3.36. The normalized spacial score (nSPS) is 29.4. The molecule has 17 nitrogen and oxygen atoms in total. The number of nitro benzene ring substituents is 2. The molecule has 9 atom stereocenters. The summed E-state index contributed by atoms with van der Waals surface area (Å²) in [5.41, 5.74) is 9.69. The molecular weight excluding hydrogens is 616 g/mol. The lowest BCUT2D eigenvalue weighted by atomic mass is 9.83. The van der Waals surface area contributed by atoms with Gasteiger partial charge in [-0.1, -0.05) is 35.4 Å². The number of carbonyl (C=O) groups excluding carboxylic acids is 1. The summed E-state index contributed by atoms with van der Waals surface area (Å²) in [6.45, 7) is 2.62. The summed E-state index contributed by atoms with van der Waals surface area (Å²) in [4.78, 5) is 41.1. The van der Waals surface area contributed by atoms with Crippen molar-refractivity contribution in [3.8, 4) is 0 Å². The first kappa shape index (κ1) is 33.8. The first-order valence-electron chi connectivity index (χ1n) is 15.3. The van der Waals surface area contributed by atoms with Crippen molar-refractivity contribution in [2.75, 3.05) is 33.1 Å². The molecule has 5 rings (SSSR count). The molecule has 252 valence electrons. The summed E-state index contributed by atoms with van der Waals surface area (Å²) in [6, 6.07) is 11.5. The van der Waals surface area contributed by atoms with Gasteiger partial charge in [-0.25, -0.2) is 4.79 Å². The minimum Gasteiger partial charge on any atom is -0.441 e. The highest BCUT2D eigenvalue weighted by atomic mass is 16.7. The van der Waals surface area contributed by atoms with E-state index in [1.54, 1.807) is 7.05 Å². The quantitative estimate of drug-likeness (QED) is 0.108. The van der Waals surface area contributed by atoms with Gasteiger partial charge in [-0.15, -0.1) is 0 Å². The Hall–Kier alpha value is -4.54. The Labute approximate surface area is 270 Å². The smallest absolute Gasteiger partial charge is 0.410 e. The molecule has 2 aromatic carbocycles. The number of ether oxygens (including phenoxy) is 4. The lowest BCUT2D eigenvalue weighted by Crippen LogP contribution is -2.60.